The van der Waals surface area contributed by atoms with Crippen molar-refractivity contribution in [3.05, 3.63) is 53.4 Å². The van der Waals surface area contributed by atoms with Crippen LogP contribution in [0.5, 0.6) is 0 Å². The monoisotopic (exact) mass is 259 g/mol. The van der Waals surface area contributed by atoms with Crippen molar-refractivity contribution in [3.8, 4) is 0 Å². The highest BCUT2D eigenvalue weighted by atomic mass is 16.5. The van der Waals surface area contributed by atoms with Crippen LogP contribution in [0.1, 0.15) is 17.0 Å². The normalized spacial score (nSPS) is 11.1. The van der Waals surface area contributed by atoms with Crippen LogP contribution in [0.4, 0.5) is 0 Å². The van der Waals surface area contributed by atoms with Gasteiger partial charge in [-0.2, -0.15) is 0 Å². The van der Waals surface area contributed by atoms with Crippen molar-refractivity contribution >= 4 is 0 Å². The summed E-state index contributed by atoms with van der Waals surface area (Å²) in [6.07, 6.45) is 1.02. The van der Waals surface area contributed by atoms with Crippen LogP contribution in [0.15, 0.2) is 40.9 Å². The highest BCUT2D eigenvalue weighted by Crippen LogP contribution is 2.08. The summed E-state index contributed by atoms with van der Waals surface area (Å²) in [6, 6.07) is 12.5. The van der Waals surface area contributed by atoms with Crippen LogP contribution >= 0.6 is 0 Å². The van der Waals surface area contributed by atoms with Gasteiger partial charge >= 0.3 is 0 Å². The number of nitrogens with two attached hydrogens (primary N) is 1. The van der Waals surface area contributed by atoms with Crippen molar-refractivity contribution in [1.82, 2.24) is 10.1 Å². The molecule has 0 amide bonds. The lowest BCUT2D eigenvalue weighted by molar-refractivity contribution is 0.238. The van der Waals surface area contributed by atoms with Crippen molar-refractivity contribution < 1.29 is 4.52 Å². The molecule has 0 aliphatic heterocycles. The summed E-state index contributed by atoms with van der Waals surface area (Å²) in [4.78, 5) is 2.30. The Bertz CT molecular complexity index is 481. The van der Waals surface area contributed by atoms with E-state index in [-0.39, 0.29) is 0 Å². The largest absolute Gasteiger partial charge is 0.360 e. The Hall–Kier alpha value is -1.65. The topological polar surface area (TPSA) is 55.3 Å². The van der Waals surface area contributed by atoms with Crippen LogP contribution < -0.4 is 5.73 Å². The molecule has 0 fully saturated rings. The minimum Gasteiger partial charge on any atom is -0.360 e. The maximum Gasteiger partial charge on any atom is 0.150 e. The van der Waals surface area contributed by atoms with Crippen LogP contribution in [0, 0.1) is 6.92 Å². The van der Waals surface area contributed by atoms with Gasteiger partial charge in [0.05, 0.1) is 12.2 Å². The van der Waals surface area contributed by atoms with Crippen LogP contribution in [0.2, 0.25) is 0 Å². The van der Waals surface area contributed by atoms with Gasteiger partial charge in [0, 0.05) is 25.7 Å². The van der Waals surface area contributed by atoms with E-state index in [1.165, 1.54) is 5.56 Å². The van der Waals surface area contributed by atoms with E-state index in [0.717, 1.165) is 37.5 Å². The third-order valence-corrected chi connectivity index (χ3v) is 3.06. The fourth-order valence-corrected chi connectivity index (χ4v) is 2.10. The van der Waals surface area contributed by atoms with Gasteiger partial charge in [-0.15, -0.1) is 0 Å². The fraction of sp³-hybridized carbons (Fsp3) is 0.400. The number of benzene rings is 1. The molecule has 2 rings (SSSR count). The van der Waals surface area contributed by atoms with Crippen LogP contribution in [0.25, 0.3) is 0 Å². The maximum absolute atomic E-state index is 5.67. The molecule has 0 aliphatic rings. The van der Waals surface area contributed by atoms with E-state index in [1.54, 1.807) is 0 Å². The standard InChI is InChI=1S/C15H21N3O/c1-13-11-15(19-17-13)12-18(10-8-16)9-7-14-5-3-2-4-6-14/h2-6,11H,7-10,12,16H2,1H3. The van der Waals surface area contributed by atoms with Gasteiger partial charge in [0.15, 0.2) is 5.76 Å². The van der Waals surface area contributed by atoms with Crippen molar-refractivity contribution in [1.29, 1.82) is 0 Å². The second-order valence-electron chi connectivity index (χ2n) is 4.74. The lowest BCUT2D eigenvalue weighted by Crippen LogP contribution is -2.30. The van der Waals surface area contributed by atoms with E-state index < -0.39 is 0 Å². The number of hydrogen-bond acceptors (Lipinski definition) is 4. The van der Waals surface area contributed by atoms with E-state index in [0.29, 0.717) is 6.54 Å². The third kappa shape index (κ3) is 4.50. The molecule has 19 heavy (non-hydrogen) atoms. The SMILES string of the molecule is Cc1cc(CN(CCN)CCc2ccccc2)on1. The molecule has 0 unspecified atom stereocenters. The molecule has 0 saturated heterocycles. The predicted octanol–water partition coefficient (Wildman–Crippen LogP) is 1.99. The molecule has 0 atom stereocenters. The molecular formula is C15H21N3O. The molecule has 1 aromatic carbocycles. The van der Waals surface area contributed by atoms with Crippen molar-refractivity contribution in [2.45, 2.75) is 19.9 Å². The van der Waals surface area contributed by atoms with Gasteiger partial charge in [-0.05, 0) is 18.9 Å². The molecule has 2 N–H and O–H groups in total. The molecule has 0 aliphatic carbocycles. The Morgan fingerprint density at radius 1 is 1.21 bits per heavy atom. The Morgan fingerprint density at radius 2 is 2.00 bits per heavy atom. The van der Waals surface area contributed by atoms with E-state index in [2.05, 4.69) is 34.3 Å². The third-order valence-electron chi connectivity index (χ3n) is 3.06. The lowest BCUT2D eigenvalue weighted by atomic mass is 10.1. The first kappa shape index (κ1) is 13.8. The molecule has 102 valence electrons. The number of hydrogen-bond donors (Lipinski definition) is 1. The average molecular weight is 259 g/mol. The second kappa shape index (κ2) is 7.07. The summed E-state index contributed by atoms with van der Waals surface area (Å²) in [5.74, 6) is 0.902. The highest BCUT2D eigenvalue weighted by Gasteiger charge is 2.09. The molecular weight excluding hydrogens is 238 g/mol. The summed E-state index contributed by atoms with van der Waals surface area (Å²) >= 11 is 0. The second-order valence-corrected chi connectivity index (χ2v) is 4.74. The first-order chi connectivity index (χ1) is 9.28. The number of aryl methyl sites for hydroxylation is 1. The Labute approximate surface area is 114 Å². The molecule has 4 nitrogen and oxygen atoms in total. The Morgan fingerprint density at radius 3 is 2.63 bits per heavy atom. The smallest absolute Gasteiger partial charge is 0.150 e. The predicted molar refractivity (Wildman–Crippen MR) is 75.7 cm³/mol. The summed E-state index contributed by atoms with van der Waals surface area (Å²) in [7, 11) is 0. The van der Waals surface area contributed by atoms with E-state index >= 15 is 0 Å². The Kier molecular flexibility index (Phi) is 5.12. The summed E-state index contributed by atoms with van der Waals surface area (Å²) in [6.45, 7) is 5.20. The zero-order valence-electron chi connectivity index (χ0n) is 11.4. The summed E-state index contributed by atoms with van der Waals surface area (Å²) in [5, 5.41) is 3.92. The zero-order valence-corrected chi connectivity index (χ0v) is 11.4. The van der Waals surface area contributed by atoms with Crippen molar-refractivity contribution in [3.63, 3.8) is 0 Å². The first-order valence-corrected chi connectivity index (χ1v) is 6.66. The minimum atomic E-state index is 0.655. The van der Waals surface area contributed by atoms with Gasteiger partial charge in [-0.25, -0.2) is 0 Å². The van der Waals surface area contributed by atoms with Gasteiger partial charge < -0.3 is 10.3 Å². The number of aromatic nitrogens is 1. The number of rotatable bonds is 7. The lowest BCUT2D eigenvalue weighted by Gasteiger charge is -2.19. The average Bonchev–Trinajstić information content (AvgIpc) is 2.83. The number of nitrogens with zero attached hydrogens (tertiary/aromatic N) is 2. The molecule has 0 saturated carbocycles. The van der Waals surface area contributed by atoms with Crippen LogP contribution in [0.3, 0.4) is 0 Å². The van der Waals surface area contributed by atoms with E-state index in [9.17, 15) is 0 Å². The molecule has 4 heteroatoms. The van der Waals surface area contributed by atoms with E-state index in [1.807, 2.05) is 19.1 Å². The molecule has 1 heterocycles. The highest BCUT2D eigenvalue weighted by molar-refractivity contribution is 5.15. The minimum absolute atomic E-state index is 0.655. The molecule has 2 aromatic rings. The van der Waals surface area contributed by atoms with Crippen molar-refractivity contribution in [2.24, 2.45) is 5.73 Å². The van der Waals surface area contributed by atoms with Crippen LogP contribution in [-0.2, 0) is 13.0 Å². The Balaban J connectivity index is 1.89. The van der Waals surface area contributed by atoms with Gasteiger partial charge in [0.25, 0.3) is 0 Å². The van der Waals surface area contributed by atoms with Gasteiger partial charge in [0.2, 0.25) is 0 Å². The van der Waals surface area contributed by atoms with Gasteiger partial charge in [0.1, 0.15) is 0 Å². The molecule has 0 radical (unpaired) electrons. The van der Waals surface area contributed by atoms with E-state index in [4.69, 9.17) is 10.3 Å². The van der Waals surface area contributed by atoms with Gasteiger partial charge in [-0.3, -0.25) is 4.90 Å². The first-order valence-electron chi connectivity index (χ1n) is 6.66. The van der Waals surface area contributed by atoms with Crippen LogP contribution in [-0.4, -0.2) is 29.7 Å². The van der Waals surface area contributed by atoms with Crippen molar-refractivity contribution in [2.75, 3.05) is 19.6 Å². The van der Waals surface area contributed by atoms with Gasteiger partial charge in [-0.1, -0.05) is 35.5 Å². The zero-order chi connectivity index (χ0) is 13.5. The molecule has 0 spiro atoms. The summed E-state index contributed by atoms with van der Waals surface area (Å²) < 4.78 is 5.26. The quantitative estimate of drug-likeness (QED) is 0.826. The molecule has 1 aromatic heterocycles. The maximum atomic E-state index is 5.67. The fourth-order valence-electron chi connectivity index (χ4n) is 2.10. The summed E-state index contributed by atoms with van der Waals surface area (Å²) in [5.41, 5.74) is 7.94. The molecule has 0 bridgehead atoms.